The summed E-state index contributed by atoms with van der Waals surface area (Å²) >= 11 is 0. The minimum Gasteiger partial charge on any atom is -0.504 e. The number of nitrogens with one attached hydrogen (secondary N) is 1. The first kappa shape index (κ1) is 12.2. The maximum Gasteiger partial charge on any atom is 0.157 e. The van der Waals surface area contributed by atoms with Crippen LogP contribution in [-0.2, 0) is 6.42 Å². The van der Waals surface area contributed by atoms with Crippen LogP contribution >= 0.6 is 0 Å². The number of hydrogen-bond acceptors (Lipinski definition) is 4. The van der Waals surface area contributed by atoms with E-state index >= 15 is 0 Å². The second-order valence-corrected chi connectivity index (χ2v) is 4.95. The van der Waals surface area contributed by atoms with E-state index in [0.29, 0.717) is 11.6 Å². The summed E-state index contributed by atoms with van der Waals surface area (Å²) in [5.74, 6) is -0.292. The zero-order valence-electron chi connectivity index (χ0n) is 10.1. The van der Waals surface area contributed by atoms with Crippen molar-refractivity contribution in [3.8, 4) is 11.5 Å². The first-order chi connectivity index (χ1) is 7.99. The van der Waals surface area contributed by atoms with Gasteiger partial charge in [-0.1, -0.05) is 13.8 Å². The van der Waals surface area contributed by atoms with Gasteiger partial charge in [-0.05, 0) is 36.1 Å². The third kappa shape index (κ3) is 2.37. The van der Waals surface area contributed by atoms with Crippen LogP contribution in [0.5, 0.6) is 11.5 Å². The van der Waals surface area contributed by atoms with Gasteiger partial charge in [0.05, 0.1) is 6.10 Å². The number of aryl methyl sites for hydroxylation is 1. The Labute approximate surface area is 101 Å². The number of phenolic OH excluding ortho intramolecular Hbond substituents is 2. The van der Waals surface area contributed by atoms with Gasteiger partial charge in [0.2, 0.25) is 0 Å². The number of phenols is 2. The van der Waals surface area contributed by atoms with Gasteiger partial charge in [0.25, 0.3) is 0 Å². The summed E-state index contributed by atoms with van der Waals surface area (Å²) < 4.78 is 0. The van der Waals surface area contributed by atoms with E-state index in [1.54, 1.807) is 6.07 Å². The minimum absolute atomic E-state index is 0.00597. The number of aliphatic hydroxyl groups excluding tert-OH is 1. The number of aliphatic hydroxyl groups is 1. The zero-order valence-corrected chi connectivity index (χ0v) is 10.1. The van der Waals surface area contributed by atoms with Gasteiger partial charge < -0.3 is 20.6 Å². The molecule has 1 aromatic carbocycles. The van der Waals surface area contributed by atoms with Crippen LogP contribution in [0.25, 0.3) is 0 Å². The molecule has 1 aliphatic carbocycles. The molecule has 0 aliphatic heterocycles. The summed E-state index contributed by atoms with van der Waals surface area (Å²) in [4.78, 5) is 0. The van der Waals surface area contributed by atoms with Crippen molar-refractivity contribution in [1.82, 2.24) is 5.32 Å². The van der Waals surface area contributed by atoms with Crippen LogP contribution in [0.1, 0.15) is 37.5 Å². The van der Waals surface area contributed by atoms with E-state index in [-0.39, 0.29) is 17.5 Å². The molecule has 0 heterocycles. The Bertz CT molecular complexity index is 417. The summed E-state index contributed by atoms with van der Waals surface area (Å²) in [6.07, 6.45) is 0.994. The normalized spacial score (nSPS) is 23.8. The highest BCUT2D eigenvalue weighted by atomic mass is 16.3. The first-order valence-corrected chi connectivity index (χ1v) is 5.98. The number of aromatic hydroxyl groups is 2. The van der Waals surface area contributed by atoms with E-state index in [1.807, 2.05) is 13.8 Å². The largest absolute Gasteiger partial charge is 0.504 e. The Morgan fingerprint density at radius 2 is 1.88 bits per heavy atom. The molecule has 0 bridgehead atoms. The molecule has 94 valence electrons. The molecule has 0 spiro atoms. The van der Waals surface area contributed by atoms with Crippen molar-refractivity contribution in [3.63, 3.8) is 0 Å². The first-order valence-electron chi connectivity index (χ1n) is 5.98. The third-order valence-electron chi connectivity index (χ3n) is 3.21. The van der Waals surface area contributed by atoms with Crippen molar-refractivity contribution < 1.29 is 15.3 Å². The standard InChI is InChI=1S/C13H19NO3/c1-7(2)14-10-4-3-8-5-11(15)12(16)6-9(8)13(10)17/h5-7,10,13-17H,3-4H2,1-2H3/t10?,13-/m1/s1. The molecule has 4 nitrogen and oxygen atoms in total. The molecule has 0 saturated heterocycles. The molecule has 0 radical (unpaired) electrons. The predicted molar refractivity (Wildman–Crippen MR) is 65.1 cm³/mol. The Morgan fingerprint density at radius 1 is 1.24 bits per heavy atom. The van der Waals surface area contributed by atoms with E-state index in [1.165, 1.54) is 6.07 Å². The molecule has 2 rings (SSSR count). The number of fused-ring (bicyclic) bond motifs is 1. The van der Waals surface area contributed by atoms with Crippen LogP contribution in [-0.4, -0.2) is 27.4 Å². The fraction of sp³-hybridized carbons (Fsp3) is 0.538. The van der Waals surface area contributed by atoms with Gasteiger partial charge >= 0.3 is 0 Å². The van der Waals surface area contributed by atoms with Gasteiger partial charge in [-0.15, -0.1) is 0 Å². The van der Waals surface area contributed by atoms with E-state index in [4.69, 9.17) is 0 Å². The Balaban J connectivity index is 2.28. The maximum absolute atomic E-state index is 10.2. The smallest absolute Gasteiger partial charge is 0.157 e. The van der Waals surface area contributed by atoms with Crippen molar-refractivity contribution in [3.05, 3.63) is 23.3 Å². The Kier molecular flexibility index (Phi) is 3.26. The molecule has 1 unspecified atom stereocenters. The molecule has 0 fully saturated rings. The molecule has 4 heteroatoms. The lowest BCUT2D eigenvalue weighted by Crippen LogP contribution is -2.41. The van der Waals surface area contributed by atoms with Crippen LogP contribution in [0.3, 0.4) is 0 Å². The second-order valence-electron chi connectivity index (χ2n) is 4.95. The molecule has 2 atom stereocenters. The van der Waals surface area contributed by atoms with Crippen LogP contribution in [0, 0.1) is 0 Å². The highest BCUT2D eigenvalue weighted by Gasteiger charge is 2.29. The quantitative estimate of drug-likeness (QED) is 0.587. The second kappa shape index (κ2) is 4.55. The molecule has 1 aliphatic rings. The van der Waals surface area contributed by atoms with Crippen molar-refractivity contribution >= 4 is 0 Å². The van der Waals surface area contributed by atoms with Gasteiger partial charge in [-0.2, -0.15) is 0 Å². The highest BCUT2D eigenvalue weighted by molar-refractivity contribution is 5.47. The average molecular weight is 237 g/mol. The van der Waals surface area contributed by atoms with Gasteiger partial charge in [-0.25, -0.2) is 0 Å². The van der Waals surface area contributed by atoms with Gasteiger partial charge in [0.15, 0.2) is 11.5 Å². The summed E-state index contributed by atoms with van der Waals surface area (Å²) in [7, 11) is 0. The lowest BCUT2D eigenvalue weighted by molar-refractivity contribution is 0.110. The topological polar surface area (TPSA) is 72.7 Å². The van der Waals surface area contributed by atoms with Crippen LogP contribution in [0.4, 0.5) is 0 Å². The zero-order chi connectivity index (χ0) is 12.6. The molecular weight excluding hydrogens is 218 g/mol. The molecule has 0 aromatic heterocycles. The van der Waals surface area contributed by atoms with E-state index < -0.39 is 6.10 Å². The Morgan fingerprint density at radius 3 is 2.53 bits per heavy atom. The summed E-state index contributed by atoms with van der Waals surface area (Å²) in [5.41, 5.74) is 1.62. The number of rotatable bonds is 2. The van der Waals surface area contributed by atoms with Gasteiger partial charge in [-0.3, -0.25) is 0 Å². The van der Waals surface area contributed by atoms with Crippen molar-refractivity contribution in [1.29, 1.82) is 0 Å². The van der Waals surface area contributed by atoms with Crippen LogP contribution in [0.2, 0.25) is 0 Å². The number of hydrogen-bond donors (Lipinski definition) is 4. The minimum atomic E-state index is -0.632. The molecule has 17 heavy (non-hydrogen) atoms. The Hall–Kier alpha value is -1.26. The maximum atomic E-state index is 10.2. The third-order valence-corrected chi connectivity index (χ3v) is 3.21. The predicted octanol–water partition coefficient (Wildman–Crippen LogP) is 1.44. The fourth-order valence-electron chi connectivity index (χ4n) is 2.42. The van der Waals surface area contributed by atoms with Crippen LogP contribution < -0.4 is 5.32 Å². The van der Waals surface area contributed by atoms with Gasteiger partial charge in [0.1, 0.15) is 0 Å². The van der Waals surface area contributed by atoms with Crippen molar-refractivity contribution in [2.45, 2.75) is 44.9 Å². The van der Waals surface area contributed by atoms with Crippen molar-refractivity contribution in [2.24, 2.45) is 0 Å². The van der Waals surface area contributed by atoms with E-state index in [9.17, 15) is 15.3 Å². The van der Waals surface area contributed by atoms with E-state index in [2.05, 4.69) is 5.32 Å². The molecule has 0 amide bonds. The molecule has 0 saturated carbocycles. The molecule has 1 aromatic rings. The monoisotopic (exact) mass is 237 g/mol. The molecular formula is C13H19NO3. The SMILES string of the molecule is CC(C)NC1CCc2cc(O)c(O)cc2[C@H]1O. The summed E-state index contributed by atoms with van der Waals surface area (Å²) in [6, 6.07) is 3.32. The highest BCUT2D eigenvalue weighted by Crippen LogP contribution is 2.37. The van der Waals surface area contributed by atoms with E-state index in [0.717, 1.165) is 18.4 Å². The lowest BCUT2D eigenvalue weighted by atomic mass is 9.85. The van der Waals surface area contributed by atoms with Gasteiger partial charge in [0, 0.05) is 12.1 Å². The lowest BCUT2D eigenvalue weighted by Gasteiger charge is -2.32. The average Bonchev–Trinajstić information content (AvgIpc) is 2.25. The summed E-state index contributed by atoms with van der Waals surface area (Å²) in [6.45, 7) is 4.08. The summed E-state index contributed by atoms with van der Waals surface area (Å²) in [5, 5.41) is 32.4. The molecule has 4 N–H and O–H groups in total. The van der Waals surface area contributed by atoms with Crippen LogP contribution in [0.15, 0.2) is 12.1 Å². The van der Waals surface area contributed by atoms with Crippen molar-refractivity contribution in [2.75, 3.05) is 0 Å². The fourth-order valence-corrected chi connectivity index (χ4v) is 2.42. The number of benzene rings is 1.